The van der Waals surface area contributed by atoms with Crippen molar-refractivity contribution in [2.24, 2.45) is 5.73 Å². The second-order valence-corrected chi connectivity index (χ2v) is 3.99. The first-order valence-corrected chi connectivity index (χ1v) is 5.41. The Morgan fingerprint density at radius 1 is 1.50 bits per heavy atom. The Kier molecular flexibility index (Phi) is 3.05. The van der Waals surface area contributed by atoms with E-state index in [1.54, 1.807) is 0 Å². The molecule has 2 heterocycles. The van der Waals surface area contributed by atoms with Crippen molar-refractivity contribution in [1.29, 1.82) is 0 Å². The molecule has 0 unspecified atom stereocenters. The standard InChI is InChI=1S/C11H16N4O/c1-8(2)10-13-11(16-14-10)9-4-3-6-15(9)7-5-12/h3-4,6,8H,5,7,12H2,1-2H3. The van der Waals surface area contributed by atoms with Crippen molar-refractivity contribution < 1.29 is 4.52 Å². The van der Waals surface area contributed by atoms with Gasteiger partial charge in [-0.25, -0.2) is 0 Å². The minimum Gasteiger partial charge on any atom is -0.342 e. The summed E-state index contributed by atoms with van der Waals surface area (Å²) in [7, 11) is 0. The lowest BCUT2D eigenvalue weighted by Gasteiger charge is -2.02. The molecule has 0 fully saturated rings. The number of hydrogen-bond acceptors (Lipinski definition) is 4. The predicted octanol–water partition coefficient (Wildman–Crippen LogP) is 1.62. The van der Waals surface area contributed by atoms with E-state index in [0.29, 0.717) is 12.4 Å². The third kappa shape index (κ3) is 1.99. The molecule has 2 aromatic heterocycles. The Morgan fingerprint density at radius 2 is 2.31 bits per heavy atom. The molecule has 2 aromatic rings. The number of rotatable bonds is 4. The maximum Gasteiger partial charge on any atom is 0.274 e. The Labute approximate surface area is 94.3 Å². The van der Waals surface area contributed by atoms with E-state index in [1.807, 2.05) is 36.7 Å². The monoisotopic (exact) mass is 220 g/mol. The van der Waals surface area contributed by atoms with Crippen LogP contribution in [0.1, 0.15) is 25.6 Å². The largest absolute Gasteiger partial charge is 0.342 e. The molecule has 0 aliphatic heterocycles. The number of hydrogen-bond donors (Lipinski definition) is 1. The van der Waals surface area contributed by atoms with Crippen LogP contribution in [0.5, 0.6) is 0 Å². The normalized spacial score (nSPS) is 11.2. The van der Waals surface area contributed by atoms with Crippen molar-refractivity contribution in [2.45, 2.75) is 26.3 Å². The van der Waals surface area contributed by atoms with E-state index in [4.69, 9.17) is 10.3 Å². The fraction of sp³-hybridized carbons (Fsp3) is 0.455. The highest BCUT2D eigenvalue weighted by Crippen LogP contribution is 2.20. The molecule has 16 heavy (non-hydrogen) atoms. The molecule has 0 atom stereocenters. The molecule has 0 saturated heterocycles. The zero-order valence-electron chi connectivity index (χ0n) is 9.55. The van der Waals surface area contributed by atoms with Gasteiger partial charge in [-0.2, -0.15) is 4.98 Å². The van der Waals surface area contributed by atoms with Crippen LogP contribution >= 0.6 is 0 Å². The Morgan fingerprint density at radius 3 is 2.94 bits per heavy atom. The van der Waals surface area contributed by atoms with Gasteiger partial charge in [0.05, 0.1) is 0 Å². The van der Waals surface area contributed by atoms with Crippen molar-refractivity contribution in [1.82, 2.24) is 14.7 Å². The van der Waals surface area contributed by atoms with Gasteiger partial charge in [0.1, 0.15) is 5.69 Å². The molecule has 0 aliphatic carbocycles. The van der Waals surface area contributed by atoms with E-state index in [2.05, 4.69) is 10.1 Å². The number of aromatic nitrogens is 3. The fourth-order valence-electron chi connectivity index (χ4n) is 1.52. The van der Waals surface area contributed by atoms with Crippen molar-refractivity contribution in [3.05, 3.63) is 24.2 Å². The quantitative estimate of drug-likeness (QED) is 0.850. The molecule has 0 aromatic carbocycles. The minimum absolute atomic E-state index is 0.274. The highest BCUT2D eigenvalue weighted by atomic mass is 16.5. The minimum atomic E-state index is 0.274. The summed E-state index contributed by atoms with van der Waals surface area (Å²) in [6.07, 6.45) is 1.96. The maximum atomic E-state index is 5.53. The summed E-state index contributed by atoms with van der Waals surface area (Å²) in [6, 6.07) is 3.90. The van der Waals surface area contributed by atoms with Gasteiger partial charge >= 0.3 is 0 Å². The van der Waals surface area contributed by atoms with Crippen LogP contribution in [0.2, 0.25) is 0 Å². The molecule has 0 bridgehead atoms. The van der Waals surface area contributed by atoms with Crippen LogP contribution in [0.4, 0.5) is 0 Å². The summed E-state index contributed by atoms with van der Waals surface area (Å²) < 4.78 is 7.25. The van der Waals surface area contributed by atoms with Gasteiger partial charge in [-0.3, -0.25) is 0 Å². The van der Waals surface area contributed by atoms with Crippen LogP contribution in [0.3, 0.4) is 0 Å². The molecular formula is C11H16N4O. The van der Waals surface area contributed by atoms with E-state index < -0.39 is 0 Å². The number of nitrogens with zero attached hydrogens (tertiary/aromatic N) is 3. The van der Waals surface area contributed by atoms with Crippen LogP contribution in [-0.4, -0.2) is 21.3 Å². The fourth-order valence-corrected chi connectivity index (χ4v) is 1.52. The SMILES string of the molecule is CC(C)c1noc(-c2cccn2CCN)n1. The highest BCUT2D eigenvalue weighted by molar-refractivity contribution is 5.47. The lowest BCUT2D eigenvalue weighted by molar-refractivity contribution is 0.416. The van der Waals surface area contributed by atoms with Crippen LogP contribution < -0.4 is 5.73 Å². The van der Waals surface area contributed by atoms with E-state index in [0.717, 1.165) is 18.1 Å². The molecule has 5 nitrogen and oxygen atoms in total. The average molecular weight is 220 g/mol. The second-order valence-electron chi connectivity index (χ2n) is 3.99. The van der Waals surface area contributed by atoms with Crippen molar-refractivity contribution in [3.63, 3.8) is 0 Å². The molecule has 0 spiro atoms. The summed E-state index contributed by atoms with van der Waals surface area (Å²) in [5, 5.41) is 3.94. The highest BCUT2D eigenvalue weighted by Gasteiger charge is 2.13. The topological polar surface area (TPSA) is 69.9 Å². The summed E-state index contributed by atoms with van der Waals surface area (Å²) in [5.74, 6) is 1.56. The van der Waals surface area contributed by atoms with Gasteiger partial charge in [0, 0.05) is 25.2 Å². The van der Waals surface area contributed by atoms with Crippen molar-refractivity contribution >= 4 is 0 Å². The lowest BCUT2D eigenvalue weighted by Crippen LogP contribution is -2.09. The van der Waals surface area contributed by atoms with E-state index >= 15 is 0 Å². The first-order valence-electron chi connectivity index (χ1n) is 5.41. The van der Waals surface area contributed by atoms with Gasteiger partial charge in [0.25, 0.3) is 5.89 Å². The van der Waals surface area contributed by atoms with E-state index in [1.165, 1.54) is 0 Å². The molecule has 0 saturated carbocycles. The molecular weight excluding hydrogens is 204 g/mol. The Hall–Kier alpha value is -1.62. The van der Waals surface area contributed by atoms with Gasteiger partial charge in [0.2, 0.25) is 0 Å². The first-order chi connectivity index (χ1) is 7.72. The predicted molar refractivity (Wildman–Crippen MR) is 60.9 cm³/mol. The third-order valence-electron chi connectivity index (χ3n) is 2.38. The third-order valence-corrected chi connectivity index (χ3v) is 2.38. The number of nitrogens with two attached hydrogens (primary N) is 1. The van der Waals surface area contributed by atoms with Gasteiger partial charge in [-0.1, -0.05) is 19.0 Å². The lowest BCUT2D eigenvalue weighted by atomic mass is 10.2. The summed E-state index contributed by atoms with van der Waals surface area (Å²) in [6.45, 7) is 5.41. The molecule has 2 N–H and O–H groups in total. The Balaban J connectivity index is 2.31. The van der Waals surface area contributed by atoms with Crippen LogP contribution in [0.25, 0.3) is 11.6 Å². The van der Waals surface area contributed by atoms with E-state index in [9.17, 15) is 0 Å². The smallest absolute Gasteiger partial charge is 0.274 e. The van der Waals surface area contributed by atoms with Gasteiger partial charge in [-0.05, 0) is 12.1 Å². The van der Waals surface area contributed by atoms with Crippen LogP contribution in [0, 0.1) is 0 Å². The van der Waals surface area contributed by atoms with E-state index in [-0.39, 0.29) is 5.92 Å². The van der Waals surface area contributed by atoms with Gasteiger partial charge in [-0.15, -0.1) is 0 Å². The summed E-state index contributed by atoms with van der Waals surface area (Å²) in [5.41, 5.74) is 6.45. The molecule has 0 amide bonds. The molecule has 0 aliphatic rings. The van der Waals surface area contributed by atoms with Crippen LogP contribution in [0.15, 0.2) is 22.9 Å². The zero-order chi connectivity index (χ0) is 11.5. The van der Waals surface area contributed by atoms with Gasteiger partial charge in [0.15, 0.2) is 5.82 Å². The average Bonchev–Trinajstić information content (AvgIpc) is 2.84. The van der Waals surface area contributed by atoms with Crippen molar-refractivity contribution in [3.8, 4) is 11.6 Å². The summed E-state index contributed by atoms with van der Waals surface area (Å²) >= 11 is 0. The zero-order valence-corrected chi connectivity index (χ0v) is 9.55. The summed E-state index contributed by atoms with van der Waals surface area (Å²) in [4.78, 5) is 4.36. The molecule has 2 rings (SSSR count). The van der Waals surface area contributed by atoms with Gasteiger partial charge < -0.3 is 14.8 Å². The first kappa shape index (κ1) is 10.9. The van der Waals surface area contributed by atoms with Crippen LogP contribution in [-0.2, 0) is 6.54 Å². The molecule has 5 heteroatoms. The maximum absolute atomic E-state index is 5.53. The molecule has 0 radical (unpaired) electrons. The molecule has 86 valence electrons. The van der Waals surface area contributed by atoms with Crippen molar-refractivity contribution in [2.75, 3.05) is 6.54 Å². The second kappa shape index (κ2) is 4.49. The Bertz CT molecular complexity index is 458.